The van der Waals surface area contributed by atoms with Crippen LogP contribution in [-0.2, 0) is 33.8 Å². The normalized spacial score (nSPS) is 14.0. The van der Waals surface area contributed by atoms with E-state index in [0.29, 0.717) is 10.9 Å². The fourth-order valence-corrected chi connectivity index (χ4v) is 5.84. The zero-order valence-electron chi connectivity index (χ0n) is 21.0. The van der Waals surface area contributed by atoms with E-state index in [2.05, 4.69) is 23.9 Å². The van der Waals surface area contributed by atoms with Gasteiger partial charge in [0.1, 0.15) is 5.00 Å². The van der Waals surface area contributed by atoms with Gasteiger partial charge in [0.05, 0.1) is 13.4 Å². The van der Waals surface area contributed by atoms with Crippen molar-refractivity contribution in [1.29, 1.82) is 0 Å². The molecule has 0 aliphatic rings. The molecule has 0 spiro atoms. The van der Waals surface area contributed by atoms with Gasteiger partial charge in [-0.1, -0.05) is 52.0 Å². The summed E-state index contributed by atoms with van der Waals surface area (Å²) in [5.74, 6) is -1.09. The number of anilines is 1. The number of nitrogens with one attached hydrogen (secondary N) is 2. The molecule has 0 aliphatic carbocycles. The van der Waals surface area contributed by atoms with E-state index in [-0.39, 0.29) is 12.3 Å². The fraction of sp³-hybridized carbons (Fsp3) is 0.385. The summed E-state index contributed by atoms with van der Waals surface area (Å²) in [6, 6.07) is 12.7. The van der Waals surface area contributed by atoms with Crippen LogP contribution in [0.1, 0.15) is 48.7 Å². The second-order valence-electron chi connectivity index (χ2n) is 9.20. The number of carbonyl (C=O) groups is 2. The van der Waals surface area contributed by atoms with Crippen LogP contribution in [0, 0.1) is 11.8 Å². The van der Waals surface area contributed by atoms with Crippen LogP contribution in [-0.4, -0.2) is 33.2 Å². The average molecular weight is 532 g/mol. The number of esters is 1. The van der Waals surface area contributed by atoms with Crippen LogP contribution in [0.2, 0.25) is 0 Å². The van der Waals surface area contributed by atoms with Crippen molar-refractivity contribution in [3.63, 3.8) is 0 Å². The Labute approximate surface area is 217 Å². The van der Waals surface area contributed by atoms with Crippen LogP contribution in [0.25, 0.3) is 11.1 Å². The van der Waals surface area contributed by atoms with E-state index in [0.717, 1.165) is 28.0 Å². The first kappa shape index (κ1) is 27.8. The Morgan fingerprint density at radius 2 is 1.86 bits per heavy atom. The number of ketones is 1. The minimum Gasteiger partial charge on any atom is -0.755 e. The van der Waals surface area contributed by atoms with Gasteiger partial charge in [-0.3, -0.25) is 14.3 Å². The molecule has 1 aromatic carbocycles. The number of hydrogen-bond donors (Lipinski definition) is 2. The molecule has 0 aliphatic heterocycles. The van der Waals surface area contributed by atoms with Crippen molar-refractivity contribution < 1.29 is 27.5 Å². The van der Waals surface area contributed by atoms with Gasteiger partial charge in [-0.05, 0) is 47.6 Å². The maximum atomic E-state index is 13.3. The molecule has 36 heavy (non-hydrogen) atoms. The van der Waals surface area contributed by atoms with E-state index in [9.17, 15) is 18.4 Å². The lowest BCUT2D eigenvalue weighted by molar-refractivity contribution is -0.148. The van der Waals surface area contributed by atoms with Gasteiger partial charge in [0, 0.05) is 28.3 Å². The summed E-state index contributed by atoms with van der Waals surface area (Å²) in [5, 5.41) is 3.70. The van der Waals surface area contributed by atoms with Crippen LogP contribution in [0.5, 0.6) is 0 Å². The topological polar surface area (TPSA) is 121 Å². The van der Waals surface area contributed by atoms with E-state index in [1.54, 1.807) is 19.9 Å². The maximum absolute atomic E-state index is 13.3. The molecule has 0 saturated carbocycles. The molecule has 0 amide bonds. The van der Waals surface area contributed by atoms with Crippen molar-refractivity contribution in [3.8, 4) is 11.1 Å². The quantitative estimate of drug-likeness (QED) is 0.147. The van der Waals surface area contributed by atoms with Crippen molar-refractivity contribution in [2.45, 2.75) is 46.2 Å². The summed E-state index contributed by atoms with van der Waals surface area (Å²) < 4.78 is 35.4. The van der Waals surface area contributed by atoms with Crippen molar-refractivity contribution in [3.05, 3.63) is 64.9 Å². The predicted molar refractivity (Wildman–Crippen MR) is 140 cm³/mol. The molecule has 2 aromatic heterocycles. The number of thiophene rings is 1. The van der Waals surface area contributed by atoms with Crippen LogP contribution in [0.15, 0.2) is 53.1 Å². The van der Waals surface area contributed by atoms with Gasteiger partial charge in [-0.2, -0.15) is 0 Å². The number of methoxy groups -OCH3 is 1. The highest BCUT2D eigenvalue weighted by Crippen LogP contribution is 2.38. The molecule has 0 bridgehead atoms. The Hall–Kier alpha value is -2.79. The number of carbonyl (C=O) groups excluding carboxylic acids is 2. The summed E-state index contributed by atoms with van der Waals surface area (Å²) in [7, 11) is 1.25. The molecule has 10 heteroatoms. The Kier molecular flexibility index (Phi) is 9.24. The summed E-state index contributed by atoms with van der Waals surface area (Å²) in [5.41, 5.74) is 0.866. The highest BCUT2D eigenvalue weighted by atomic mass is 32.2. The van der Waals surface area contributed by atoms with Crippen molar-refractivity contribution in [2.24, 2.45) is 11.8 Å². The van der Waals surface area contributed by atoms with E-state index in [4.69, 9.17) is 9.15 Å². The summed E-state index contributed by atoms with van der Waals surface area (Å²) >= 11 is -1.00. The zero-order chi connectivity index (χ0) is 26.5. The Balaban J connectivity index is 1.87. The zero-order valence-corrected chi connectivity index (χ0v) is 22.6. The lowest BCUT2D eigenvalue weighted by atomic mass is 9.81. The lowest BCUT2D eigenvalue weighted by Gasteiger charge is -2.33. The second kappa shape index (κ2) is 12.0. The molecular formula is C26H31N2O6S2-. The van der Waals surface area contributed by atoms with Gasteiger partial charge in [0.25, 0.3) is 0 Å². The van der Waals surface area contributed by atoms with Crippen molar-refractivity contribution in [1.82, 2.24) is 5.32 Å². The maximum Gasteiger partial charge on any atom is 0.334 e. The predicted octanol–water partition coefficient (Wildman–Crippen LogP) is 4.95. The molecule has 3 aromatic rings. The third-order valence-corrected chi connectivity index (χ3v) is 7.45. The molecule has 194 valence electrons. The molecule has 2 unspecified atom stereocenters. The van der Waals surface area contributed by atoms with Crippen molar-refractivity contribution >= 4 is 39.4 Å². The molecule has 0 fully saturated rings. The first-order chi connectivity index (χ1) is 17.1. The molecule has 2 atom stereocenters. The molecule has 3 rings (SSSR count). The number of hydrogen-bond acceptors (Lipinski definition) is 8. The molecular weight excluding hydrogens is 500 g/mol. The van der Waals surface area contributed by atoms with Gasteiger partial charge in [0.2, 0.25) is 5.78 Å². The molecule has 2 N–H and O–H groups in total. The number of rotatable bonds is 12. The van der Waals surface area contributed by atoms with Gasteiger partial charge >= 0.3 is 5.97 Å². The molecule has 0 saturated heterocycles. The first-order valence-electron chi connectivity index (χ1n) is 11.6. The number of Topliss-reactive ketones (excluding diaryl/α,β-unsaturated/α-hetero) is 1. The Morgan fingerprint density at radius 1 is 1.17 bits per heavy atom. The van der Waals surface area contributed by atoms with Crippen LogP contribution < -0.4 is 10.0 Å². The SMILES string of the molecule is COC(=O)C(NCc1ccc(-c2cc(CC(C)C)sc2NS(=O)[O-])cc1)(C(=O)c1ccco1)C(C)C. The van der Waals surface area contributed by atoms with E-state index in [1.165, 1.54) is 30.8 Å². The number of benzene rings is 1. The second-order valence-corrected chi connectivity index (χ2v) is 11.0. The van der Waals surface area contributed by atoms with Gasteiger partial charge in [0.15, 0.2) is 11.3 Å². The summed E-state index contributed by atoms with van der Waals surface area (Å²) in [6.07, 6.45) is 2.23. The largest absolute Gasteiger partial charge is 0.755 e. The van der Waals surface area contributed by atoms with Gasteiger partial charge < -0.3 is 18.4 Å². The third kappa shape index (κ3) is 6.12. The standard InChI is InChI=1S/C26H32N2O6S2/c1-16(2)13-20-14-21(24(35-20)28-36(31)32)19-10-8-18(9-11-19)15-27-26(17(3)4,25(30)33-5)23(29)22-7-6-12-34-22/h6-12,14,16-17,27-28H,13,15H2,1-5H3,(H,31,32)/p-1. The van der Waals surface area contributed by atoms with Crippen molar-refractivity contribution in [2.75, 3.05) is 11.8 Å². The molecule has 2 heterocycles. The highest BCUT2D eigenvalue weighted by Gasteiger charge is 2.50. The van der Waals surface area contributed by atoms with Crippen LogP contribution in [0.4, 0.5) is 5.00 Å². The van der Waals surface area contributed by atoms with E-state index >= 15 is 0 Å². The monoisotopic (exact) mass is 531 g/mol. The van der Waals surface area contributed by atoms with Gasteiger partial charge in [-0.15, -0.1) is 11.3 Å². The Bertz CT molecular complexity index is 1200. The van der Waals surface area contributed by atoms with Gasteiger partial charge in [-0.25, -0.2) is 4.79 Å². The minimum atomic E-state index is -2.43. The van der Waals surface area contributed by atoms with Crippen LogP contribution in [0.3, 0.4) is 0 Å². The summed E-state index contributed by atoms with van der Waals surface area (Å²) in [6.45, 7) is 7.99. The number of furan rings is 1. The lowest BCUT2D eigenvalue weighted by Crippen LogP contribution is -2.62. The highest BCUT2D eigenvalue weighted by molar-refractivity contribution is 7.80. The first-order valence-corrected chi connectivity index (χ1v) is 13.5. The molecule has 0 radical (unpaired) electrons. The van der Waals surface area contributed by atoms with E-state index < -0.39 is 34.5 Å². The minimum absolute atomic E-state index is 0.0717. The average Bonchev–Trinajstić information content (AvgIpc) is 3.49. The number of ether oxygens (including phenoxy) is 1. The third-order valence-electron chi connectivity index (χ3n) is 5.88. The van der Waals surface area contributed by atoms with E-state index in [1.807, 2.05) is 30.3 Å². The Morgan fingerprint density at radius 3 is 2.39 bits per heavy atom. The summed E-state index contributed by atoms with van der Waals surface area (Å²) in [4.78, 5) is 27.3. The fourth-order valence-electron chi connectivity index (χ4n) is 4.06. The smallest absolute Gasteiger partial charge is 0.334 e. The molecule has 8 nitrogen and oxygen atoms in total. The van der Waals surface area contributed by atoms with Crippen LogP contribution >= 0.6 is 11.3 Å².